The number of rotatable bonds is 6. The molecule has 4 heterocycles. The van der Waals surface area contributed by atoms with Crippen molar-refractivity contribution in [3.05, 3.63) is 42.1 Å². The van der Waals surface area contributed by atoms with Crippen LogP contribution in [0, 0.1) is 5.92 Å². The van der Waals surface area contributed by atoms with Crippen molar-refractivity contribution >= 4 is 28.0 Å². The van der Waals surface area contributed by atoms with Crippen LogP contribution in [0.4, 0.5) is 0 Å². The molecule has 1 amide bonds. The minimum Gasteiger partial charge on any atom is -0.494 e. The normalized spacial score (nSPS) is 17.3. The second-order valence-corrected chi connectivity index (χ2v) is 9.76. The van der Waals surface area contributed by atoms with E-state index in [4.69, 9.17) is 15.5 Å². The number of pyridine rings is 1. The molecule has 0 aliphatic carbocycles. The first-order valence-corrected chi connectivity index (χ1v) is 12.4. The summed E-state index contributed by atoms with van der Waals surface area (Å²) in [4.78, 5) is 24.8. The number of likely N-dealkylation sites (tertiary alicyclic amines) is 1. The zero-order valence-corrected chi connectivity index (χ0v) is 21.0. The van der Waals surface area contributed by atoms with Gasteiger partial charge in [-0.05, 0) is 49.1 Å². The second kappa shape index (κ2) is 9.34. The standard InChI is InChI=1S/C27H34N6O2/c1-5-17(2)15-33-22(13-18-8-6-10-29-25(18)33)26-30-21-12-19(14-23(35-4)24(21)31(26)3)27(34)32-11-7-9-20(28)16-32/h6,8,10,12-14,17,20H,5,7,9,11,15-16,28H2,1-4H3/t17?,20-/m1/s1. The van der Waals surface area contributed by atoms with E-state index in [2.05, 4.69) is 40.1 Å². The Morgan fingerprint density at radius 3 is 2.89 bits per heavy atom. The number of nitrogens with zero attached hydrogens (tertiary/aromatic N) is 5. The van der Waals surface area contributed by atoms with E-state index in [1.54, 1.807) is 7.11 Å². The van der Waals surface area contributed by atoms with Crippen LogP contribution < -0.4 is 10.5 Å². The minimum absolute atomic E-state index is 0.0253. The summed E-state index contributed by atoms with van der Waals surface area (Å²) in [5.74, 6) is 1.93. The maximum Gasteiger partial charge on any atom is 0.254 e. The zero-order chi connectivity index (χ0) is 24.7. The first kappa shape index (κ1) is 23.4. The number of amides is 1. The Kier molecular flexibility index (Phi) is 6.23. The third-order valence-corrected chi connectivity index (χ3v) is 7.22. The van der Waals surface area contributed by atoms with Gasteiger partial charge in [-0.2, -0.15) is 0 Å². The predicted molar refractivity (Wildman–Crippen MR) is 139 cm³/mol. The number of carbonyl (C=O) groups is 1. The monoisotopic (exact) mass is 474 g/mol. The predicted octanol–water partition coefficient (Wildman–Crippen LogP) is 4.21. The van der Waals surface area contributed by atoms with Crippen molar-refractivity contribution < 1.29 is 9.53 Å². The number of piperidine rings is 1. The van der Waals surface area contributed by atoms with Crippen molar-refractivity contribution in [2.75, 3.05) is 20.2 Å². The number of aromatic nitrogens is 4. The van der Waals surface area contributed by atoms with Gasteiger partial charge in [0, 0.05) is 49.9 Å². The summed E-state index contributed by atoms with van der Waals surface area (Å²) in [7, 11) is 3.63. The number of imidazole rings is 1. The summed E-state index contributed by atoms with van der Waals surface area (Å²) in [6, 6.07) is 9.93. The molecule has 4 aromatic rings. The highest BCUT2D eigenvalue weighted by Gasteiger charge is 2.25. The number of ether oxygens (including phenoxy) is 1. The summed E-state index contributed by atoms with van der Waals surface area (Å²) in [6.07, 6.45) is 4.79. The molecule has 2 N–H and O–H groups in total. The van der Waals surface area contributed by atoms with Crippen LogP contribution in [0.25, 0.3) is 33.6 Å². The number of hydrogen-bond donors (Lipinski definition) is 1. The molecule has 5 rings (SSSR count). The van der Waals surface area contributed by atoms with Crippen LogP contribution >= 0.6 is 0 Å². The Labute approximate surface area is 205 Å². The van der Waals surface area contributed by atoms with Crippen LogP contribution in [0.5, 0.6) is 5.75 Å². The summed E-state index contributed by atoms with van der Waals surface area (Å²) >= 11 is 0. The Balaban J connectivity index is 1.64. The van der Waals surface area contributed by atoms with Crippen molar-refractivity contribution in [1.29, 1.82) is 0 Å². The van der Waals surface area contributed by atoms with Gasteiger partial charge in [0.15, 0.2) is 5.82 Å². The zero-order valence-electron chi connectivity index (χ0n) is 21.0. The largest absolute Gasteiger partial charge is 0.494 e. The number of aryl methyl sites for hydroxylation is 1. The van der Waals surface area contributed by atoms with Crippen LogP contribution in [-0.2, 0) is 13.6 Å². The molecule has 1 aliphatic heterocycles. The van der Waals surface area contributed by atoms with Crippen molar-refractivity contribution in [1.82, 2.24) is 24.0 Å². The molecule has 1 fully saturated rings. The van der Waals surface area contributed by atoms with Crippen LogP contribution in [0.1, 0.15) is 43.5 Å². The summed E-state index contributed by atoms with van der Waals surface area (Å²) in [6.45, 7) is 6.61. The van der Waals surface area contributed by atoms with Gasteiger partial charge >= 0.3 is 0 Å². The van der Waals surface area contributed by atoms with Crippen LogP contribution in [-0.4, -0.2) is 56.2 Å². The number of methoxy groups -OCH3 is 1. The molecule has 1 aromatic carbocycles. The fourth-order valence-corrected chi connectivity index (χ4v) is 5.09. The van der Waals surface area contributed by atoms with Crippen LogP contribution in [0.2, 0.25) is 0 Å². The van der Waals surface area contributed by atoms with Gasteiger partial charge in [0.2, 0.25) is 0 Å². The molecule has 184 valence electrons. The van der Waals surface area contributed by atoms with Crippen LogP contribution in [0.3, 0.4) is 0 Å². The van der Waals surface area contributed by atoms with Gasteiger partial charge in [0.05, 0.1) is 18.3 Å². The van der Waals surface area contributed by atoms with E-state index in [1.165, 1.54) is 0 Å². The van der Waals surface area contributed by atoms with E-state index >= 15 is 0 Å². The third-order valence-electron chi connectivity index (χ3n) is 7.22. The van der Waals surface area contributed by atoms with E-state index in [1.807, 2.05) is 36.3 Å². The van der Waals surface area contributed by atoms with Crippen LogP contribution in [0.15, 0.2) is 36.5 Å². The number of nitrogens with two attached hydrogens (primary N) is 1. The van der Waals surface area contributed by atoms with Gasteiger partial charge < -0.3 is 24.5 Å². The van der Waals surface area contributed by atoms with Crippen molar-refractivity contribution in [3.63, 3.8) is 0 Å². The molecule has 0 bridgehead atoms. The van der Waals surface area contributed by atoms with E-state index in [9.17, 15) is 4.79 Å². The third kappa shape index (κ3) is 4.16. The molecule has 3 aromatic heterocycles. The molecule has 2 atom stereocenters. The van der Waals surface area contributed by atoms with Gasteiger partial charge in [0.25, 0.3) is 5.91 Å². The first-order valence-electron chi connectivity index (χ1n) is 12.4. The highest BCUT2D eigenvalue weighted by Crippen LogP contribution is 2.34. The molecule has 1 unspecified atom stereocenters. The fourth-order valence-electron chi connectivity index (χ4n) is 5.09. The summed E-state index contributed by atoms with van der Waals surface area (Å²) in [5.41, 5.74) is 10.3. The van der Waals surface area contributed by atoms with Gasteiger partial charge in [-0.25, -0.2) is 9.97 Å². The smallest absolute Gasteiger partial charge is 0.254 e. The Hall–Kier alpha value is -3.39. The van der Waals surface area contributed by atoms with Gasteiger partial charge in [-0.1, -0.05) is 20.3 Å². The first-order chi connectivity index (χ1) is 16.9. The molecule has 0 saturated carbocycles. The number of carbonyl (C=O) groups excluding carboxylic acids is 1. The number of hydrogen-bond acceptors (Lipinski definition) is 5. The number of benzene rings is 1. The lowest BCUT2D eigenvalue weighted by Crippen LogP contribution is -2.45. The fraction of sp³-hybridized carbons (Fsp3) is 0.444. The Bertz CT molecular complexity index is 1390. The molecular weight excluding hydrogens is 440 g/mol. The maximum atomic E-state index is 13.3. The van der Waals surface area contributed by atoms with Gasteiger partial charge in [0.1, 0.15) is 16.9 Å². The topological polar surface area (TPSA) is 91.2 Å². The highest BCUT2D eigenvalue weighted by molar-refractivity contribution is 6.00. The summed E-state index contributed by atoms with van der Waals surface area (Å²) in [5, 5.41) is 1.09. The van der Waals surface area contributed by atoms with Crippen molar-refractivity contribution in [2.45, 2.75) is 45.7 Å². The average molecular weight is 475 g/mol. The quantitative estimate of drug-likeness (QED) is 0.452. The molecule has 8 nitrogen and oxygen atoms in total. The van der Waals surface area contributed by atoms with Gasteiger partial charge in [-0.15, -0.1) is 0 Å². The molecule has 1 aliphatic rings. The molecular formula is C27H34N6O2. The van der Waals surface area contributed by atoms with Crippen molar-refractivity contribution in [2.24, 2.45) is 18.7 Å². The van der Waals surface area contributed by atoms with E-state index in [0.29, 0.717) is 23.8 Å². The Morgan fingerprint density at radius 1 is 1.31 bits per heavy atom. The molecule has 35 heavy (non-hydrogen) atoms. The minimum atomic E-state index is -0.0253. The highest BCUT2D eigenvalue weighted by atomic mass is 16.5. The molecule has 8 heteroatoms. The maximum absolute atomic E-state index is 13.3. The lowest BCUT2D eigenvalue weighted by atomic mass is 10.0. The van der Waals surface area contributed by atoms with E-state index in [0.717, 1.165) is 65.9 Å². The summed E-state index contributed by atoms with van der Waals surface area (Å²) < 4.78 is 10.1. The SMILES string of the molecule is CCC(C)Cn1c(-c2nc3cc(C(=O)N4CCC[C@@H](N)C4)cc(OC)c3n2C)cc2cccnc21. The van der Waals surface area contributed by atoms with E-state index in [-0.39, 0.29) is 11.9 Å². The molecule has 1 saturated heterocycles. The number of fused-ring (bicyclic) bond motifs is 2. The van der Waals surface area contributed by atoms with Gasteiger partial charge in [-0.3, -0.25) is 4.79 Å². The van der Waals surface area contributed by atoms with E-state index < -0.39 is 0 Å². The molecule has 0 spiro atoms. The lowest BCUT2D eigenvalue weighted by molar-refractivity contribution is 0.0708. The Morgan fingerprint density at radius 2 is 2.14 bits per heavy atom. The van der Waals surface area contributed by atoms with Crippen molar-refractivity contribution in [3.8, 4) is 17.3 Å². The average Bonchev–Trinajstić information content (AvgIpc) is 3.40. The lowest BCUT2D eigenvalue weighted by Gasteiger charge is -2.30. The second-order valence-electron chi connectivity index (χ2n) is 9.76. The molecule has 0 radical (unpaired) electrons.